The average Bonchev–Trinajstić information content (AvgIpc) is 2.03. The second-order valence-electron chi connectivity index (χ2n) is 2.37. The predicted molar refractivity (Wildman–Crippen MR) is 56.5 cm³/mol. The average molecular weight is 261 g/mol. The Bertz CT molecular complexity index is 223. The quantitative estimate of drug-likeness (QED) is 0.824. The van der Waals surface area contributed by atoms with Crippen molar-refractivity contribution in [2.75, 3.05) is 6.54 Å². The fourth-order valence-electron chi connectivity index (χ4n) is 0.901. The maximum atomic E-state index is 3.30. The highest BCUT2D eigenvalue weighted by atomic mass is 127. The molecule has 0 aliphatic rings. The van der Waals surface area contributed by atoms with E-state index in [2.05, 4.69) is 59.1 Å². The van der Waals surface area contributed by atoms with Crippen LogP contribution in [0.25, 0.3) is 0 Å². The van der Waals surface area contributed by atoms with Crippen molar-refractivity contribution in [2.24, 2.45) is 0 Å². The smallest absolute Gasteiger partial charge is 0.0215 e. The molecule has 1 aromatic carbocycles. The highest BCUT2D eigenvalue weighted by Gasteiger charge is 1.94. The zero-order valence-electron chi connectivity index (χ0n) is 6.60. The van der Waals surface area contributed by atoms with Gasteiger partial charge in [0.1, 0.15) is 0 Å². The molecule has 0 bridgehead atoms. The molecule has 0 saturated heterocycles. The molecule has 0 heterocycles. The summed E-state index contributed by atoms with van der Waals surface area (Å²) in [5.41, 5.74) is 1.38. The fourth-order valence-corrected chi connectivity index (χ4v) is 1.48. The van der Waals surface area contributed by atoms with E-state index in [1.807, 2.05) is 0 Å². The lowest BCUT2D eigenvalue weighted by Gasteiger charge is -2.03. The summed E-state index contributed by atoms with van der Waals surface area (Å²) in [6.45, 7) is 4.14. The third-order valence-electron chi connectivity index (χ3n) is 1.52. The van der Waals surface area contributed by atoms with Gasteiger partial charge in [-0.3, -0.25) is 0 Å². The number of halogens is 1. The molecule has 0 fully saturated rings. The summed E-state index contributed by atoms with van der Waals surface area (Å²) in [7, 11) is 0. The standard InChI is InChI=1S/C9H12IN/c1-2-11-7-8-5-3-4-6-9(8)10/h3-6,11H,2,7H2,1H3. The van der Waals surface area contributed by atoms with E-state index in [0.29, 0.717) is 0 Å². The van der Waals surface area contributed by atoms with E-state index in [-0.39, 0.29) is 0 Å². The first-order valence-corrected chi connectivity index (χ1v) is 4.86. The van der Waals surface area contributed by atoms with Gasteiger partial charge in [0.25, 0.3) is 0 Å². The van der Waals surface area contributed by atoms with Gasteiger partial charge in [-0.1, -0.05) is 25.1 Å². The van der Waals surface area contributed by atoms with Gasteiger partial charge in [-0.05, 0) is 40.8 Å². The summed E-state index contributed by atoms with van der Waals surface area (Å²) in [5, 5.41) is 3.30. The Kier molecular flexibility index (Phi) is 3.86. The lowest BCUT2D eigenvalue weighted by atomic mass is 10.2. The Hall–Kier alpha value is -0.0900. The van der Waals surface area contributed by atoms with Gasteiger partial charge >= 0.3 is 0 Å². The van der Waals surface area contributed by atoms with Crippen molar-refractivity contribution >= 4 is 22.6 Å². The second kappa shape index (κ2) is 4.72. The topological polar surface area (TPSA) is 12.0 Å². The number of benzene rings is 1. The van der Waals surface area contributed by atoms with Crippen molar-refractivity contribution in [2.45, 2.75) is 13.5 Å². The molecule has 60 valence electrons. The highest BCUT2D eigenvalue weighted by molar-refractivity contribution is 14.1. The van der Waals surface area contributed by atoms with Gasteiger partial charge in [0, 0.05) is 10.1 Å². The first kappa shape index (κ1) is 9.00. The van der Waals surface area contributed by atoms with Crippen molar-refractivity contribution in [3.63, 3.8) is 0 Å². The molecular weight excluding hydrogens is 249 g/mol. The van der Waals surface area contributed by atoms with Crippen LogP contribution in [0.5, 0.6) is 0 Å². The second-order valence-corrected chi connectivity index (χ2v) is 3.53. The monoisotopic (exact) mass is 261 g/mol. The first-order chi connectivity index (χ1) is 5.34. The summed E-state index contributed by atoms with van der Waals surface area (Å²) >= 11 is 2.36. The van der Waals surface area contributed by atoms with Crippen molar-refractivity contribution in [3.8, 4) is 0 Å². The molecule has 1 aromatic rings. The normalized spacial score (nSPS) is 10.0. The van der Waals surface area contributed by atoms with Crippen LogP contribution in [0.4, 0.5) is 0 Å². The summed E-state index contributed by atoms with van der Waals surface area (Å²) < 4.78 is 1.34. The summed E-state index contributed by atoms with van der Waals surface area (Å²) in [4.78, 5) is 0. The van der Waals surface area contributed by atoms with Crippen LogP contribution in [-0.4, -0.2) is 6.54 Å². The van der Waals surface area contributed by atoms with Gasteiger partial charge in [0.05, 0.1) is 0 Å². The van der Waals surface area contributed by atoms with Crippen LogP contribution in [0.15, 0.2) is 24.3 Å². The van der Waals surface area contributed by atoms with E-state index in [4.69, 9.17) is 0 Å². The fraction of sp³-hybridized carbons (Fsp3) is 0.333. The van der Waals surface area contributed by atoms with Crippen LogP contribution in [0.2, 0.25) is 0 Å². The van der Waals surface area contributed by atoms with Gasteiger partial charge in [0.2, 0.25) is 0 Å². The zero-order valence-corrected chi connectivity index (χ0v) is 8.76. The Balaban J connectivity index is 2.62. The Morgan fingerprint density at radius 3 is 2.73 bits per heavy atom. The van der Waals surface area contributed by atoms with Crippen LogP contribution < -0.4 is 5.32 Å². The minimum Gasteiger partial charge on any atom is -0.313 e. The maximum absolute atomic E-state index is 3.30. The molecule has 0 radical (unpaired) electrons. The summed E-state index contributed by atoms with van der Waals surface area (Å²) in [6, 6.07) is 8.43. The van der Waals surface area contributed by atoms with Crippen molar-refractivity contribution in [1.82, 2.24) is 5.32 Å². The summed E-state index contributed by atoms with van der Waals surface area (Å²) in [5.74, 6) is 0. The Morgan fingerprint density at radius 2 is 2.09 bits per heavy atom. The largest absolute Gasteiger partial charge is 0.313 e. The molecule has 0 amide bonds. The molecule has 1 N–H and O–H groups in total. The van der Waals surface area contributed by atoms with Crippen LogP contribution in [-0.2, 0) is 6.54 Å². The number of nitrogens with one attached hydrogen (secondary N) is 1. The molecule has 0 aromatic heterocycles. The van der Waals surface area contributed by atoms with Gasteiger partial charge in [-0.15, -0.1) is 0 Å². The lowest BCUT2D eigenvalue weighted by molar-refractivity contribution is 0.724. The predicted octanol–water partition coefficient (Wildman–Crippen LogP) is 2.40. The van der Waals surface area contributed by atoms with Crippen LogP contribution >= 0.6 is 22.6 Å². The van der Waals surface area contributed by atoms with E-state index in [0.717, 1.165) is 13.1 Å². The van der Waals surface area contributed by atoms with Gasteiger partial charge in [-0.2, -0.15) is 0 Å². The van der Waals surface area contributed by atoms with Crippen molar-refractivity contribution in [1.29, 1.82) is 0 Å². The minimum atomic E-state index is 0.982. The van der Waals surface area contributed by atoms with Gasteiger partial charge in [-0.25, -0.2) is 0 Å². The third kappa shape index (κ3) is 2.79. The van der Waals surface area contributed by atoms with E-state index in [1.54, 1.807) is 0 Å². The van der Waals surface area contributed by atoms with Gasteiger partial charge in [0.15, 0.2) is 0 Å². The first-order valence-electron chi connectivity index (χ1n) is 3.78. The Morgan fingerprint density at radius 1 is 1.36 bits per heavy atom. The molecule has 0 unspecified atom stereocenters. The molecule has 0 aliphatic heterocycles. The lowest BCUT2D eigenvalue weighted by Crippen LogP contribution is -2.12. The van der Waals surface area contributed by atoms with Crippen LogP contribution in [0.3, 0.4) is 0 Å². The molecule has 0 saturated carbocycles. The maximum Gasteiger partial charge on any atom is 0.0215 e. The van der Waals surface area contributed by atoms with E-state index >= 15 is 0 Å². The van der Waals surface area contributed by atoms with E-state index in [9.17, 15) is 0 Å². The molecule has 0 atom stereocenters. The number of hydrogen-bond donors (Lipinski definition) is 1. The van der Waals surface area contributed by atoms with E-state index in [1.165, 1.54) is 9.13 Å². The zero-order chi connectivity index (χ0) is 8.10. The molecule has 2 heteroatoms. The number of rotatable bonds is 3. The molecule has 11 heavy (non-hydrogen) atoms. The molecular formula is C9H12IN. The minimum absolute atomic E-state index is 0.982. The van der Waals surface area contributed by atoms with Crippen LogP contribution in [0.1, 0.15) is 12.5 Å². The highest BCUT2D eigenvalue weighted by Crippen LogP contribution is 2.10. The van der Waals surface area contributed by atoms with Gasteiger partial charge < -0.3 is 5.32 Å². The Labute approximate surface area is 81.3 Å². The van der Waals surface area contributed by atoms with Crippen LogP contribution in [0, 0.1) is 3.57 Å². The van der Waals surface area contributed by atoms with E-state index < -0.39 is 0 Å². The molecule has 0 aliphatic carbocycles. The SMILES string of the molecule is CCNCc1ccccc1I. The molecule has 1 rings (SSSR count). The molecule has 0 spiro atoms. The molecule has 1 nitrogen and oxygen atoms in total. The summed E-state index contributed by atoms with van der Waals surface area (Å²) in [6.07, 6.45) is 0. The number of hydrogen-bond acceptors (Lipinski definition) is 1. The third-order valence-corrected chi connectivity index (χ3v) is 2.58. The van der Waals surface area contributed by atoms with Crippen molar-refractivity contribution in [3.05, 3.63) is 33.4 Å². The van der Waals surface area contributed by atoms with Crippen molar-refractivity contribution < 1.29 is 0 Å².